The summed E-state index contributed by atoms with van der Waals surface area (Å²) in [5.41, 5.74) is 2.05. The van der Waals surface area contributed by atoms with E-state index >= 15 is 0 Å². The van der Waals surface area contributed by atoms with Crippen LogP contribution in [0.25, 0.3) is 11.8 Å². The molecule has 0 saturated heterocycles. The molecule has 0 amide bonds. The molecule has 0 radical (unpaired) electrons. The lowest BCUT2D eigenvalue weighted by atomic mass is 10.1. The molecule has 0 fully saturated rings. The number of aryl methyl sites for hydroxylation is 1. The third kappa shape index (κ3) is 3.80. The summed E-state index contributed by atoms with van der Waals surface area (Å²) >= 11 is 0. The topological polar surface area (TPSA) is 22.3 Å². The van der Waals surface area contributed by atoms with Gasteiger partial charge in [-0.3, -0.25) is 0 Å². The van der Waals surface area contributed by atoms with Crippen molar-refractivity contribution >= 4 is 11.8 Å². The molecule has 0 aliphatic carbocycles. The van der Waals surface area contributed by atoms with E-state index in [1.165, 1.54) is 0 Å². The van der Waals surface area contributed by atoms with Crippen LogP contribution in [0.3, 0.4) is 0 Å². The van der Waals surface area contributed by atoms with Gasteiger partial charge in [0.2, 0.25) is 5.69 Å². The van der Waals surface area contributed by atoms with Crippen LogP contribution in [0.15, 0.2) is 90.8 Å². The van der Waals surface area contributed by atoms with Crippen LogP contribution in [-0.4, -0.2) is 0 Å². The largest absolute Gasteiger partial charge is 1.00 e. The molecule has 1 aliphatic heterocycles. The van der Waals surface area contributed by atoms with Crippen molar-refractivity contribution in [3.8, 4) is 11.5 Å². The second-order valence-electron chi connectivity index (χ2n) is 5.78. The van der Waals surface area contributed by atoms with Gasteiger partial charge in [-0.15, -0.1) is 0 Å². The Kier molecular flexibility index (Phi) is 5.73. The van der Waals surface area contributed by atoms with Crippen LogP contribution < -0.4 is 38.0 Å². The molecule has 0 spiro atoms. The SMILES string of the molecule is C[n+]1ccccc1/C=C/C1=C(c2ccccc2)Oc2ccccc2O1.[I-]. The number of para-hydroxylation sites is 2. The predicted molar refractivity (Wildman–Crippen MR) is 97.7 cm³/mol. The number of ether oxygens (including phenoxy) is 2. The second-order valence-corrected chi connectivity index (χ2v) is 5.78. The molecule has 1 aromatic heterocycles. The van der Waals surface area contributed by atoms with Crippen molar-refractivity contribution in [3.63, 3.8) is 0 Å². The minimum absolute atomic E-state index is 0. The van der Waals surface area contributed by atoms with Crippen molar-refractivity contribution < 1.29 is 38.0 Å². The Morgan fingerprint density at radius 2 is 1.38 bits per heavy atom. The zero-order valence-corrected chi connectivity index (χ0v) is 16.5. The fourth-order valence-electron chi connectivity index (χ4n) is 2.72. The maximum Gasteiger partial charge on any atom is 0.205 e. The van der Waals surface area contributed by atoms with E-state index in [9.17, 15) is 0 Å². The predicted octanol–water partition coefficient (Wildman–Crippen LogP) is 1.37. The van der Waals surface area contributed by atoms with E-state index < -0.39 is 0 Å². The first kappa shape index (κ1) is 18.2. The average Bonchev–Trinajstić information content (AvgIpc) is 2.67. The molecule has 0 saturated carbocycles. The van der Waals surface area contributed by atoms with Gasteiger partial charge in [0.25, 0.3) is 0 Å². The van der Waals surface area contributed by atoms with Gasteiger partial charge in [-0.05, 0) is 24.3 Å². The molecular weight excluding hydrogens is 437 g/mol. The lowest BCUT2D eigenvalue weighted by Crippen LogP contribution is -3.00. The Labute approximate surface area is 170 Å². The summed E-state index contributed by atoms with van der Waals surface area (Å²) in [6, 6.07) is 23.8. The molecule has 2 aromatic carbocycles. The maximum atomic E-state index is 6.15. The fourth-order valence-corrected chi connectivity index (χ4v) is 2.72. The first-order chi connectivity index (χ1) is 12.3. The summed E-state index contributed by atoms with van der Waals surface area (Å²) in [6.45, 7) is 0. The normalized spacial score (nSPS) is 12.8. The van der Waals surface area contributed by atoms with Gasteiger partial charge in [0.05, 0.1) is 0 Å². The Morgan fingerprint density at radius 3 is 2.12 bits per heavy atom. The van der Waals surface area contributed by atoms with Crippen LogP contribution >= 0.6 is 0 Å². The van der Waals surface area contributed by atoms with Crippen molar-refractivity contribution in [2.75, 3.05) is 0 Å². The Morgan fingerprint density at radius 1 is 0.731 bits per heavy atom. The number of aromatic nitrogens is 1. The van der Waals surface area contributed by atoms with Crippen molar-refractivity contribution in [2.45, 2.75) is 0 Å². The minimum atomic E-state index is 0. The molecule has 0 atom stereocenters. The van der Waals surface area contributed by atoms with Gasteiger partial charge >= 0.3 is 0 Å². The number of pyridine rings is 1. The third-order valence-electron chi connectivity index (χ3n) is 4.04. The van der Waals surface area contributed by atoms with E-state index in [1.54, 1.807) is 0 Å². The van der Waals surface area contributed by atoms with E-state index in [1.807, 2.05) is 92.1 Å². The highest BCUT2D eigenvalue weighted by Gasteiger charge is 2.21. The van der Waals surface area contributed by atoms with Crippen LogP contribution in [-0.2, 0) is 7.05 Å². The Hall–Kier alpha value is -2.60. The third-order valence-corrected chi connectivity index (χ3v) is 4.04. The molecule has 130 valence electrons. The van der Waals surface area contributed by atoms with Crippen LogP contribution in [0.2, 0.25) is 0 Å². The molecule has 1 aliphatic rings. The quantitative estimate of drug-likeness (QED) is 0.440. The van der Waals surface area contributed by atoms with E-state index in [4.69, 9.17) is 9.47 Å². The van der Waals surface area contributed by atoms with Crippen LogP contribution in [0.5, 0.6) is 11.5 Å². The number of fused-ring (bicyclic) bond motifs is 1. The Bertz CT molecular complexity index is 965. The first-order valence-corrected chi connectivity index (χ1v) is 8.18. The Balaban J connectivity index is 0.00000196. The van der Waals surface area contributed by atoms with Gasteiger partial charge in [0.1, 0.15) is 7.05 Å². The lowest BCUT2D eigenvalue weighted by molar-refractivity contribution is -0.673. The first-order valence-electron chi connectivity index (χ1n) is 8.18. The summed E-state index contributed by atoms with van der Waals surface area (Å²) in [6.07, 6.45) is 5.99. The number of nitrogens with zero attached hydrogens (tertiary/aromatic N) is 1. The zero-order chi connectivity index (χ0) is 17.1. The number of hydrogen-bond acceptors (Lipinski definition) is 2. The van der Waals surface area contributed by atoms with Gasteiger partial charge in [-0.1, -0.05) is 42.5 Å². The molecule has 0 N–H and O–H groups in total. The summed E-state index contributed by atoms with van der Waals surface area (Å²) in [5, 5.41) is 0. The average molecular weight is 455 g/mol. The number of allylic oxidation sites excluding steroid dienone is 1. The smallest absolute Gasteiger partial charge is 0.205 e. The van der Waals surface area contributed by atoms with Crippen molar-refractivity contribution in [2.24, 2.45) is 7.05 Å². The van der Waals surface area contributed by atoms with E-state index in [-0.39, 0.29) is 24.0 Å². The summed E-state index contributed by atoms with van der Waals surface area (Å²) < 4.78 is 14.3. The molecule has 2 heterocycles. The highest BCUT2D eigenvalue weighted by atomic mass is 127. The van der Waals surface area contributed by atoms with E-state index in [0.29, 0.717) is 11.5 Å². The molecule has 0 bridgehead atoms. The molecule has 26 heavy (non-hydrogen) atoms. The van der Waals surface area contributed by atoms with Gasteiger partial charge in [0.15, 0.2) is 29.2 Å². The van der Waals surface area contributed by atoms with Gasteiger partial charge in [-0.2, -0.15) is 0 Å². The standard InChI is InChI=1S/C22H18NO2.HI/c1-23-16-8-7-11-18(23)14-15-21-22(17-9-3-2-4-10-17)25-20-13-6-5-12-19(20)24-21;/h2-16H,1H3;1H/q+1;/p-1/b15-14+;. The lowest BCUT2D eigenvalue weighted by Gasteiger charge is -2.22. The van der Waals surface area contributed by atoms with Crippen LogP contribution in [0.4, 0.5) is 0 Å². The van der Waals surface area contributed by atoms with E-state index in [2.05, 4.69) is 10.6 Å². The van der Waals surface area contributed by atoms with Gasteiger partial charge in [-0.25, -0.2) is 4.57 Å². The molecule has 3 nitrogen and oxygen atoms in total. The summed E-state index contributed by atoms with van der Waals surface area (Å²) in [4.78, 5) is 0. The van der Waals surface area contributed by atoms with Gasteiger partial charge in [0, 0.05) is 23.8 Å². The maximum absolute atomic E-state index is 6.15. The van der Waals surface area contributed by atoms with Crippen molar-refractivity contribution in [3.05, 3.63) is 102 Å². The highest BCUT2D eigenvalue weighted by Crippen LogP contribution is 2.38. The molecule has 0 unspecified atom stereocenters. The second kappa shape index (κ2) is 8.19. The summed E-state index contributed by atoms with van der Waals surface area (Å²) in [5.74, 6) is 2.85. The van der Waals surface area contributed by atoms with Crippen molar-refractivity contribution in [1.82, 2.24) is 0 Å². The molecule has 4 heteroatoms. The van der Waals surface area contributed by atoms with Crippen LogP contribution in [0.1, 0.15) is 11.3 Å². The number of rotatable bonds is 3. The van der Waals surface area contributed by atoms with Crippen LogP contribution in [0, 0.1) is 0 Å². The molecular formula is C22H18INO2. The fraction of sp³-hybridized carbons (Fsp3) is 0.0455. The summed E-state index contributed by atoms with van der Waals surface area (Å²) in [7, 11) is 2.01. The monoisotopic (exact) mass is 455 g/mol. The number of benzene rings is 2. The number of hydrogen-bond donors (Lipinski definition) is 0. The highest BCUT2D eigenvalue weighted by molar-refractivity contribution is 5.71. The molecule has 3 aromatic rings. The van der Waals surface area contributed by atoms with Crippen molar-refractivity contribution in [1.29, 1.82) is 0 Å². The molecule has 4 rings (SSSR count). The van der Waals surface area contributed by atoms with Gasteiger partial charge < -0.3 is 33.5 Å². The zero-order valence-electron chi connectivity index (χ0n) is 14.3. The van der Waals surface area contributed by atoms with E-state index in [0.717, 1.165) is 22.8 Å². The number of halogens is 1. The minimum Gasteiger partial charge on any atom is -1.00 e.